The summed E-state index contributed by atoms with van der Waals surface area (Å²) >= 11 is 3.17. The summed E-state index contributed by atoms with van der Waals surface area (Å²) in [6.45, 7) is 0. The van der Waals surface area contributed by atoms with Crippen LogP contribution in [0.15, 0.2) is 23.3 Å². The minimum atomic E-state index is -0.591. The Balaban J connectivity index is 2.44. The molecule has 0 aromatic carbocycles. The Kier molecular flexibility index (Phi) is 3.05. The predicted molar refractivity (Wildman–Crippen MR) is 62.6 cm³/mol. The van der Waals surface area contributed by atoms with Crippen LogP contribution in [0.4, 0.5) is 5.82 Å². The maximum Gasteiger partial charge on any atom is 0.360 e. The summed E-state index contributed by atoms with van der Waals surface area (Å²) < 4.78 is 6.60. The Bertz CT molecular complexity index is 551. The number of aromatic nitrogens is 4. The smallest absolute Gasteiger partial charge is 0.360 e. The highest BCUT2D eigenvalue weighted by Crippen LogP contribution is 2.16. The van der Waals surface area contributed by atoms with Gasteiger partial charge in [-0.25, -0.2) is 19.7 Å². The van der Waals surface area contributed by atoms with Crippen LogP contribution in [0.5, 0.6) is 0 Å². The second-order valence-electron chi connectivity index (χ2n) is 3.04. The molecule has 2 heterocycles. The molecule has 7 nitrogen and oxygen atoms in total. The summed E-state index contributed by atoms with van der Waals surface area (Å²) in [5, 5.41) is 0. The van der Waals surface area contributed by atoms with E-state index in [1.54, 1.807) is 0 Å². The van der Waals surface area contributed by atoms with E-state index < -0.39 is 5.97 Å². The fourth-order valence-corrected chi connectivity index (χ4v) is 1.43. The van der Waals surface area contributed by atoms with E-state index in [0.29, 0.717) is 10.4 Å². The summed E-state index contributed by atoms with van der Waals surface area (Å²) in [4.78, 5) is 23.3. The van der Waals surface area contributed by atoms with Crippen LogP contribution < -0.4 is 5.73 Å². The van der Waals surface area contributed by atoms with Crippen LogP contribution in [0.3, 0.4) is 0 Å². The highest BCUT2D eigenvalue weighted by Gasteiger charge is 2.17. The lowest BCUT2D eigenvalue weighted by atomic mass is 10.4. The van der Waals surface area contributed by atoms with Gasteiger partial charge in [0.15, 0.2) is 11.5 Å². The number of esters is 1. The Morgan fingerprint density at radius 2 is 2.18 bits per heavy atom. The van der Waals surface area contributed by atoms with E-state index in [1.807, 2.05) is 0 Å². The number of hydrogen-bond acceptors (Lipinski definition) is 6. The zero-order valence-electron chi connectivity index (χ0n) is 8.79. The van der Waals surface area contributed by atoms with Gasteiger partial charge in [0.25, 0.3) is 0 Å². The average Bonchev–Trinajstić information content (AvgIpc) is 2.71. The number of carbonyl (C=O) groups excluding carboxylic acids is 1. The average molecular weight is 298 g/mol. The molecule has 0 radical (unpaired) electrons. The second kappa shape index (κ2) is 4.50. The largest absolute Gasteiger partial charge is 0.464 e. The number of methoxy groups -OCH3 is 1. The SMILES string of the molecule is COC(=O)c1ncn(-c2cnc(Br)cn2)c1N. The number of halogens is 1. The van der Waals surface area contributed by atoms with Gasteiger partial charge in [-0.3, -0.25) is 4.57 Å². The molecule has 17 heavy (non-hydrogen) atoms. The van der Waals surface area contributed by atoms with Crippen LogP contribution in [-0.4, -0.2) is 32.6 Å². The van der Waals surface area contributed by atoms with Crippen molar-refractivity contribution in [2.24, 2.45) is 0 Å². The number of nitrogens with two attached hydrogens (primary N) is 1. The first-order chi connectivity index (χ1) is 8.13. The van der Waals surface area contributed by atoms with Crippen molar-refractivity contribution in [1.29, 1.82) is 0 Å². The first kappa shape index (κ1) is 11.5. The lowest BCUT2D eigenvalue weighted by Crippen LogP contribution is -2.08. The summed E-state index contributed by atoms with van der Waals surface area (Å²) in [5.74, 6) is 0.0353. The lowest BCUT2D eigenvalue weighted by molar-refractivity contribution is 0.0596. The number of rotatable bonds is 2. The zero-order chi connectivity index (χ0) is 12.4. The van der Waals surface area contributed by atoms with E-state index in [9.17, 15) is 4.79 Å². The van der Waals surface area contributed by atoms with E-state index in [-0.39, 0.29) is 11.5 Å². The van der Waals surface area contributed by atoms with Crippen molar-refractivity contribution in [2.75, 3.05) is 12.8 Å². The Hall–Kier alpha value is -1.96. The van der Waals surface area contributed by atoms with Crippen LogP contribution in [0.2, 0.25) is 0 Å². The molecule has 2 aromatic heterocycles. The highest BCUT2D eigenvalue weighted by atomic mass is 79.9. The lowest BCUT2D eigenvalue weighted by Gasteiger charge is -2.03. The van der Waals surface area contributed by atoms with Crippen LogP contribution in [-0.2, 0) is 4.74 Å². The summed E-state index contributed by atoms with van der Waals surface area (Å²) in [7, 11) is 1.26. The van der Waals surface area contributed by atoms with Crippen LogP contribution >= 0.6 is 15.9 Å². The van der Waals surface area contributed by atoms with Crippen molar-refractivity contribution < 1.29 is 9.53 Å². The molecule has 2 rings (SSSR count). The standard InChI is InChI=1S/C9H8BrN5O2/c1-17-9(16)7-8(11)15(4-14-7)6-3-12-5(10)2-13-6/h2-4H,11H2,1H3. The van der Waals surface area contributed by atoms with Crippen molar-refractivity contribution in [3.63, 3.8) is 0 Å². The van der Waals surface area contributed by atoms with E-state index in [4.69, 9.17) is 5.73 Å². The van der Waals surface area contributed by atoms with E-state index >= 15 is 0 Å². The molecule has 2 N–H and O–H groups in total. The molecule has 0 unspecified atom stereocenters. The van der Waals surface area contributed by atoms with Gasteiger partial charge in [-0.1, -0.05) is 0 Å². The fourth-order valence-electron chi connectivity index (χ4n) is 1.22. The molecular weight excluding hydrogens is 290 g/mol. The van der Waals surface area contributed by atoms with Crippen molar-refractivity contribution in [3.05, 3.63) is 29.0 Å². The van der Waals surface area contributed by atoms with Gasteiger partial charge in [0.05, 0.1) is 19.5 Å². The minimum Gasteiger partial charge on any atom is -0.464 e. The van der Waals surface area contributed by atoms with Gasteiger partial charge in [-0.05, 0) is 15.9 Å². The first-order valence-corrected chi connectivity index (χ1v) is 5.32. The van der Waals surface area contributed by atoms with E-state index in [1.165, 1.54) is 30.4 Å². The Labute approximate surface area is 105 Å². The molecule has 2 aromatic rings. The summed E-state index contributed by atoms with van der Waals surface area (Å²) in [6, 6.07) is 0. The summed E-state index contributed by atoms with van der Waals surface area (Å²) in [5.41, 5.74) is 5.82. The van der Waals surface area contributed by atoms with Crippen molar-refractivity contribution in [2.45, 2.75) is 0 Å². The zero-order valence-corrected chi connectivity index (χ0v) is 10.4. The van der Waals surface area contributed by atoms with Gasteiger partial charge >= 0.3 is 5.97 Å². The number of nitrogen functional groups attached to an aromatic ring is 1. The van der Waals surface area contributed by atoms with E-state index in [0.717, 1.165) is 0 Å². The number of carbonyl (C=O) groups is 1. The molecule has 88 valence electrons. The first-order valence-electron chi connectivity index (χ1n) is 4.52. The molecule has 0 amide bonds. The quantitative estimate of drug-likeness (QED) is 0.824. The van der Waals surface area contributed by atoms with Crippen LogP contribution in [0, 0.1) is 0 Å². The van der Waals surface area contributed by atoms with Crippen molar-refractivity contribution >= 4 is 27.7 Å². The number of anilines is 1. The number of hydrogen-bond donors (Lipinski definition) is 1. The minimum absolute atomic E-state index is 0.0530. The third-order valence-corrected chi connectivity index (χ3v) is 2.45. The molecule has 0 spiro atoms. The van der Waals surface area contributed by atoms with Crippen LogP contribution in [0.1, 0.15) is 10.5 Å². The third kappa shape index (κ3) is 2.11. The molecule has 0 saturated carbocycles. The summed E-state index contributed by atoms with van der Waals surface area (Å²) in [6.07, 6.45) is 4.41. The van der Waals surface area contributed by atoms with Gasteiger partial charge in [-0.2, -0.15) is 0 Å². The predicted octanol–water partition coefficient (Wildman–Crippen LogP) is 0.794. The molecule has 0 bridgehead atoms. The maximum absolute atomic E-state index is 11.3. The third-order valence-electron chi connectivity index (χ3n) is 2.04. The molecule has 8 heteroatoms. The maximum atomic E-state index is 11.3. The second-order valence-corrected chi connectivity index (χ2v) is 3.85. The molecule has 0 fully saturated rings. The highest BCUT2D eigenvalue weighted by molar-refractivity contribution is 9.10. The van der Waals surface area contributed by atoms with Crippen molar-refractivity contribution in [3.8, 4) is 5.82 Å². The molecule has 0 aliphatic carbocycles. The van der Waals surface area contributed by atoms with Gasteiger partial charge < -0.3 is 10.5 Å². The molecule has 0 atom stereocenters. The Morgan fingerprint density at radius 1 is 1.41 bits per heavy atom. The van der Waals surface area contributed by atoms with Gasteiger partial charge in [0.1, 0.15) is 16.7 Å². The monoisotopic (exact) mass is 297 g/mol. The van der Waals surface area contributed by atoms with Gasteiger partial charge in [-0.15, -0.1) is 0 Å². The topological polar surface area (TPSA) is 95.9 Å². The van der Waals surface area contributed by atoms with Crippen LogP contribution in [0.25, 0.3) is 5.82 Å². The van der Waals surface area contributed by atoms with E-state index in [2.05, 4.69) is 35.6 Å². The molecule has 0 saturated heterocycles. The van der Waals surface area contributed by atoms with Gasteiger partial charge in [0.2, 0.25) is 0 Å². The fraction of sp³-hybridized carbons (Fsp3) is 0.111. The molecule has 0 aliphatic rings. The Morgan fingerprint density at radius 3 is 2.76 bits per heavy atom. The number of nitrogens with zero attached hydrogens (tertiary/aromatic N) is 4. The van der Waals surface area contributed by atoms with Gasteiger partial charge in [0, 0.05) is 0 Å². The molecule has 0 aliphatic heterocycles. The molecular formula is C9H8BrN5O2. The number of ether oxygens (including phenoxy) is 1. The number of imidazole rings is 1. The normalized spacial score (nSPS) is 10.2. The van der Waals surface area contributed by atoms with Crippen molar-refractivity contribution in [1.82, 2.24) is 19.5 Å².